The van der Waals surface area contributed by atoms with Gasteiger partial charge in [-0.15, -0.1) is 0 Å². The third kappa shape index (κ3) is 2.46. The normalized spacial score (nSPS) is 29.3. The van der Waals surface area contributed by atoms with E-state index in [1.54, 1.807) is 18.2 Å². The maximum Gasteiger partial charge on any atom is 0.126 e. The van der Waals surface area contributed by atoms with Gasteiger partial charge in [-0.25, -0.2) is 0 Å². The summed E-state index contributed by atoms with van der Waals surface area (Å²) in [6.45, 7) is 6.59. The zero-order valence-corrected chi connectivity index (χ0v) is 15.9. The summed E-state index contributed by atoms with van der Waals surface area (Å²) in [4.78, 5) is 0. The van der Waals surface area contributed by atoms with Crippen molar-refractivity contribution in [3.63, 3.8) is 0 Å². The van der Waals surface area contributed by atoms with Crippen LogP contribution in [0.5, 0.6) is 11.5 Å². The number of ether oxygens (including phenoxy) is 1. The van der Waals surface area contributed by atoms with Crippen molar-refractivity contribution in [3.8, 4) is 11.5 Å². The standard InChI is InChI=1S/C23H28O4/c1-3-19-18(11-16(26)13-24)21-17-8-7-15(25)12-20(17)27-14-22(21,2)23(19)9-5-4-6-10-23/h3,7-8,11-12,21,24-26H,1,4-6,9-10,13-14H2,2H3/b16-11+/t21-,22?/m0/s1. The van der Waals surface area contributed by atoms with Crippen LogP contribution in [0.15, 0.2) is 53.8 Å². The highest BCUT2D eigenvalue weighted by Gasteiger charge is 2.62. The Balaban J connectivity index is 1.98. The number of aromatic hydroxyl groups is 1. The number of aliphatic hydroxyl groups is 2. The van der Waals surface area contributed by atoms with E-state index < -0.39 is 0 Å². The minimum absolute atomic E-state index is 0.0293. The van der Waals surface area contributed by atoms with Crippen molar-refractivity contribution in [1.29, 1.82) is 0 Å². The van der Waals surface area contributed by atoms with Gasteiger partial charge in [-0.05, 0) is 36.1 Å². The summed E-state index contributed by atoms with van der Waals surface area (Å²) in [5.74, 6) is 0.877. The van der Waals surface area contributed by atoms with E-state index >= 15 is 0 Å². The van der Waals surface area contributed by atoms with Crippen molar-refractivity contribution in [2.75, 3.05) is 13.2 Å². The third-order valence-electron chi connectivity index (χ3n) is 7.10. The summed E-state index contributed by atoms with van der Waals surface area (Å²) >= 11 is 0. The minimum atomic E-state index is -0.386. The largest absolute Gasteiger partial charge is 0.510 e. The first-order chi connectivity index (χ1) is 13.0. The van der Waals surface area contributed by atoms with E-state index in [0.717, 1.165) is 24.0 Å². The smallest absolute Gasteiger partial charge is 0.126 e. The average Bonchev–Trinajstić information content (AvgIpc) is 2.87. The van der Waals surface area contributed by atoms with E-state index in [0.29, 0.717) is 12.4 Å². The van der Waals surface area contributed by atoms with Gasteiger partial charge in [0.15, 0.2) is 0 Å². The third-order valence-corrected chi connectivity index (χ3v) is 7.10. The number of hydrogen-bond donors (Lipinski definition) is 3. The molecule has 0 saturated heterocycles. The van der Waals surface area contributed by atoms with Gasteiger partial charge in [-0.1, -0.05) is 44.9 Å². The summed E-state index contributed by atoms with van der Waals surface area (Å²) in [5.41, 5.74) is 3.02. The number of phenolic OH excluding ortho intramolecular Hbond substituents is 1. The van der Waals surface area contributed by atoms with Crippen LogP contribution in [0, 0.1) is 10.8 Å². The molecule has 1 fully saturated rings. The van der Waals surface area contributed by atoms with Gasteiger partial charge < -0.3 is 20.1 Å². The highest BCUT2D eigenvalue weighted by Crippen LogP contribution is 2.70. The van der Waals surface area contributed by atoms with Crippen LogP contribution in [0.25, 0.3) is 0 Å². The molecule has 1 unspecified atom stereocenters. The van der Waals surface area contributed by atoms with Crippen LogP contribution in [0.4, 0.5) is 0 Å². The summed E-state index contributed by atoms with van der Waals surface area (Å²) in [7, 11) is 0. The van der Waals surface area contributed by atoms with Gasteiger partial charge in [0, 0.05) is 28.4 Å². The number of phenols is 1. The van der Waals surface area contributed by atoms with Crippen LogP contribution < -0.4 is 4.74 Å². The van der Waals surface area contributed by atoms with Gasteiger partial charge in [0.05, 0.1) is 6.61 Å². The number of hydrogen-bond acceptors (Lipinski definition) is 4. The zero-order valence-electron chi connectivity index (χ0n) is 15.9. The maximum atomic E-state index is 10.2. The molecule has 144 valence electrons. The van der Waals surface area contributed by atoms with Crippen molar-refractivity contribution >= 4 is 0 Å². The lowest BCUT2D eigenvalue weighted by Crippen LogP contribution is -2.48. The fraction of sp³-hybridized carbons (Fsp3) is 0.478. The van der Waals surface area contributed by atoms with E-state index in [-0.39, 0.29) is 34.9 Å². The van der Waals surface area contributed by atoms with Crippen LogP contribution in [-0.2, 0) is 0 Å². The Hall–Kier alpha value is -2.20. The summed E-state index contributed by atoms with van der Waals surface area (Å²) < 4.78 is 6.17. The molecule has 1 aliphatic heterocycles. The van der Waals surface area contributed by atoms with Gasteiger partial charge in [-0.3, -0.25) is 0 Å². The molecular weight excluding hydrogens is 340 g/mol. The molecule has 1 aromatic carbocycles. The molecule has 1 spiro atoms. The van der Waals surface area contributed by atoms with Crippen molar-refractivity contribution in [2.24, 2.45) is 10.8 Å². The van der Waals surface area contributed by atoms with Gasteiger partial charge in [-0.2, -0.15) is 0 Å². The summed E-state index contributed by atoms with van der Waals surface area (Å²) in [6.07, 6.45) is 9.42. The van der Waals surface area contributed by atoms with Gasteiger partial charge in [0.1, 0.15) is 23.9 Å². The summed E-state index contributed by atoms with van der Waals surface area (Å²) in [5, 5.41) is 29.5. The average molecular weight is 368 g/mol. The van der Waals surface area contributed by atoms with E-state index in [9.17, 15) is 15.3 Å². The molecule has 27 heavy (non-hydrogen) atoms. The SMILES string of the molecule is C=CC1=C(/C=C(/O)CO)[C@@H]2c3ccc(O)cc3OCC2(C)C12CCCCC2. The number of rotatable bonds is 3. The lowest BCUT2D eigenvalue weighted by atomic mass is 9.54. The molecule has 1 heterocycles. The van der Waals surface area contributed by atoms with Crippen molar-refractivity contribution in [1.82, 2.24) is 0 Å². The zero-order chi connectivity index (χ0) is 19.2. The molecule has 0 amide bonds. The molecule has 3 aliphatic rings. The molecule has 4 rings (SSSR count). The fourth-order valence-corrected chi connectivity index (χ4v) is 5.90. The summed E-state index contributed by atoms with van der Waals surface area (Å²) in [6, 6.07) is 5.29. The Kier molecular flexibility index (Phi) is 4.34. The Morgan fingerprint density at radius 2 is 2.04 bits per heavy atom. The molecule has 4 heteroatoms. The maximum absolute atomic E-state index is 10.2. The Bertz CT molecular complexity index is 829. The predicted molar refractivity (Wildman–Crippen MR) is 105 cm³/mol. The lowest BCUT2D eigenvalue weighted by molar-refractivity contribution is -0.00458. The fourth-order valence-electron chi connectivity index (χ4n) is 5.90. The van der Waals surface area contributed by atoms with E-state index in [1.807, 2.05) is 12.1 Å². The molecule has 0 radical (unpaired) electrons. The second-order valence-electron chi connectivity index (χ2n) is 8.37. The van der Waals surface area contributed by atoms with Gasteiger partial charge in [0.25, 0.3) is 0 Å². The second-order valence-corrected chi connectivity index (χ2v) is 8.37. The van der Waals surface area contributed by atoms with E-state index in [2.05, 4.69) is 13.5 Å². The first-order valence-electron chi connectivity index (χ1n) is 9.80. The topological polar surface area (TPSA) is 69.9 Å². The molecule has 0 bridgehead atoms. The Morgan fingerprint density at radius 3 is 2.70 bits per heavy atom. The molecule has 4 nitrogen and oxygen atoms in total. The molecule has 2 aliphatic carbocycles. The number of aliphatic hydroxyl groups excluding tert-OH is 2. The molecule has 2 atom stereocenters. The number of allylic oxidation sites excluding steroid dienone is 4. The highest BCUT2D eigenvalue weighted by molar-refractivity contribution is 5.59. The number of fused-ring (bicyclic) bond motifs is 4. The van der Waals surface area contributed by atoms with Crippen LogP contribution in [0.3, 0.4) is 0 Å². The quantitative estimate of drug-likeness (QED) is 0.673. The highest BCUT2D eigenvalue weighted by atomic mass is 16.5. The molecular formula is C23H28O4. The molecule has 1 saturated carbocycles. The van der Waals surface area contributed by atoms with E-state index in [4.69, 9.17) is 4.74 Å². The Labute approximate surface area is 160 Å². The van der Waals surface area contributed by atoms with E-state index in [1.165, 1.54) is 24.8 Å². The number of benzene rings is 1. The molecule has 1 aromatic rings. The molecule has 0 aromatic heterocycles. The van der Waals surface area contributed by atoms with Gasteiger partial charge in [0.2, 0.25) is 0 Å². The van der Waals surface area contributed by atoms with Crippen LogP contribution in [0.1, 0.15) is 50.5 Å². The minimum Gasteiger partial charge on any atom is -0.510 e. The van der Waals surface area contributed by atoms with Gasteiger partial charge >= 0.3 is 0 Å². The van der Waals surface area contributed by atoms with Crippen molar-refractivity contribution < 1.29 is 20.1 Å². The first kappa shape index (κ1) is 18.2. The van der Waals surface area contributed by atoms with Crippen molar-refractivity contribution in [2.45, 2.75) is 44.9 Å². The lowest BCUT2D eigenvalue weighted by Gasteiger charge is -2.52. The van der Waals surface area contributed by atoms with Crippen molar-refractivity contribution in [3.05, 3.63) is 59.4 Å². The van der Waals surface area contributed by atoms with Crippen LogP contribution in [0.2, 0.25) is 0 Å². The Morgan fingerprint density at radius 1 is 1.30 bits per heavy atom. The first-order valence-corrected chi connectivity index (χ1v) is 9.80. The predicted octanol–water partition coefficient (Wildman–Crippen LogP) is 4.76. The molecule has 3 N–H and O–H groups in total. The monoisotopic (exact) mass is 368 g/mol. The van der Waals surface area contributed by atoms with Crippen LogP contribution >= 0.6 is 0 Å². The second kappa shape index (κ2) is 6.45. The van der Waals surface area contributed by atoms with Crippen LogP contribution in [-0.4, -0.2) is 28.5 Å².